The summed E-state index contributed by atoms with van der Waals surface area (Å²) in [4.78, 5) is 29.4. The lowest BCUT2D eigenvalue weighted by molar-refractivity contribution is -0.104. The van der Waals surface area contributed by atoms with Gasteiger partial charge in [-0.05, 0) is 31.4 Å². The van der Waals surface area contributed by atoms with Crippen molar-refractivity contribution in [3.8, 4) is 6.07 Å². The zero-order valence-corrected chi connectivity index (χ0v) is 17.9. The van der Waals surface area contributed by atoms with E-state index in [1.54, 1.807) is 23.6 Å². The van der Waals surface area contributed by atoms with Crippen molar-refractivity contribution >= 4 is 33.5 Å². The van der Waals surface area contributed by atoms with E-state index in [1.807, 2.05) is 0 Å². The number of aldehydes is 1. The van der Waals surface area contributed by atoms with Crippen molar-refractivity contribution in [1.82, 2.24) is 24.8 Å². The summed E-state index contributed by atoms with van der Waals surface area (Å²) in [5.74, 6) is 0.630. The molecule has 0 spiro atoms. The highest BCUT2D eigenvalue weighted by Gasteiger charge is 2.30. The number of rotatable bonds is 6. The molecule has 30 heavy (non-hydrogen) atoms. The van der Waals surface area contributed by atoms with Crippen molar-refractivity contribution in [2.45, 2.75) is 32.4 Å². The van der Waals surface area contributed by atoms with Gasteiger partial charge in [-0.25, -0.2) is 9.97 Å². The molecule has 0 aliphatic carbocycles. The number of thiophene rings is 1. The van der Waals surface area contributed by atoms with Crippen LogP contribution < -0.4 is 0 Å². The second-order valence-corrected chi connectivity index (χ2v) is 8.44. The van der Waals surface area contributed by atoms with Gasteiger partial charge in [0.25, 0.3) is 0 Å². The van der Waals surface area contributed by atoms with Crippen LogP contribution in [-0.2, 0) is 11.2 Å². The third-order valence-corrected chi connectivity index (χ3v) is 6.47. The topological polar surface area (TPSA) is 88.9 Å². The highest BCUT2D eigenvalue weighted by molar-refractivity contribution is 7.16. The zero-order chi connectivity index (χ0) is 21.1. The minimum atomic E-state index is 0.197. The smallest absolute Gasteiger partial charge is 0.154 e. The summed E-state index contributed by atoms with van der Waals surface area (Å²) in [7, 11) is 0. The number of nitriles is 1. The molecule has 2 atom stereocenters. The number of pyridine rings is 1. The number of imidazole rings is 1. The monoisotopic (exact) mass is 420 g/mol. The fourth-order valence-electron chi connectivity index (χ4n) is 4.01. The number of H-pyrrole nitrogens is 1. The SMILES string of the molecule is CC(c1ccc2ccsc2n1)N1CCN(/C(=C/C=O)c2ncc(CC#N)[nH]2)C(C)C1. The van der Waals surface area contributed by atoms with E-state index in [0.717, 1.165) is 47.8 Å². The van der Waals surface area contributed by atoms with Crippen molar-refractivity contribution in [2.75, 3.05) is 19.6 Å². The van der Waals surface area contributed by atoms with E-state index in [4.69, 9.17) is 10.2 Å². The molecule has 154 valence electrons. The fraction of sp³-hybridized carbons (Fsp3) is 0.364. The van der Waals surface area contributed by atoms with Crippen molar-refractivity contribution in [1.29, 1.82) is 5.26 Å². The molecule has 0 radical (unpaired) electrons. The van der Waals surface area contributed by atoms with Crippen LogP contribution in [0.2, 0.25) is 0 Å². The Morgan fingerprint density at radius 2 is 2.30 bits per heavy atom. The van der Waals surface area contributed by atoms with E-state index >= 15 is 0 Å². The third-order valence-electron chi connectivity index (χ3n) is 5.65. The van der Waals surface area contributed by atoms with Crippen LogP contribution in [0.25, 0.3) is 15.9 Å². The van der Waals surface area contributed by atoms with E-state index in [1.165, 1.54) is 5.39 Å². The average molecular weight is 421 g/mol. The van der Waals surface area contributed by atoms with Gasteiger partial charge in [0.1, 0.15) is 11.1 Å². The molecule has 1 N–H and O–H groups in total. The van der Waals surface area contributed by atoms with Gasteiger partial charge < -0.3 is 9.88 Å². The summed E-state index contributed by atoms with van der Waals surface area (Å²) in [6.07, 6.45) is 4.27. The zero-order valence-electron chi connectivity index (χ0n) is 17.1. The van der Waals surface area contributed by atoms with Gasteiger partial charge >= 0.3 is 0 Å². The number of nitrogens with zero attached hydrogens (tertiary/aromatic N) is 5. The van der Waals surface area contributed by atoms with Gasteiger partial charge in [-0.1, -0.05) is 6.07 Å². The lowest BCUT2D eigenvalue weighted by Gasteiger charge is -2.43. The molecule has 1 saturated heterocycles. The molecule has 0 saturated carbocycles. The van der Waals surface area contributed by atoms with E-state index in [0.29, 0.717) is 5.82 Å². The van der Waals surface area contributed by atoms with Crippen molar-refractivity contribution in [3.63, 3.8) is 0 Å². The van der Waals surface area contributed by atoms with Crippen LogP contribution in [0.3, 0.4) is 0 Å². The molecule has 4 rings (SSSR count). The maximum atomic E-state index is 11.3. The second-order valence-electron chi connectivity index (χ2n) is 7.54. The second kappa shape index (κ2) is 8.78. The van der Waals surface area contributed by atoms with Gasteiger partial charge in [-0.2, -0.15) is 5.26 Å². The summed E-state index contributed by atoms with van der Waals surface area (Å²) in [5, 5.41) is 12.2. The normalized spacial score (nSPS) is 19.0. The Morgan fingerprint density at radius 3 is 3.07 bits per heavy atom. The third kappa shape index (κ3) is 3.99. The molecule has 3 aromatic rings. The van der Waals surface area contributed by atoms with Crippen LogP contribution in [0.1, 0.15) is 37.1 Å². The molecule has 0 bridgehead atoms. The summed E-state index contributed by atoms with van der Waals surface area (Å²) in [5.41, 5.74) is 2.60. The molecule has 0 aromatic carbocycles. The van der Waals surface area contributed by atoms with Crippen molar-refractivity contribution in [2.24, 2.45) is 0 Å². The largest absolute Gasteiger partial charge is 0.363 e. The number of aromatic amines is 1. The van der Waals surface area contributed by atoms with Gasteiger partial charge in [0.05, 0.1) is 23.9 Å². The quantitative estimate of drug-likeness (QED) is 0.486. The molecule has 7 nitrogen and oxygen atoms in total. The molecule has 0 amide bonds. The Kier molecular flexibility index (Phi) is 5.93. The van der Waals surface area contributed by atoms with Gasteiger partial charge in [-0.15, -0.1) is 11.3 Å². The maximum Gasteiger partial charge on any atom is 0.154 e. The number of piperazine rings is 1. The standard InChI is InChI=1S/C22H24N6OS/c1-15-14-27(16(2)19-4-3-17-7-12-30-22(17)26-19)9-10-28(15)20(6-11-29)21-24-13-18(25-21)5-8-23/h3-4,6-7,11-13,15-16H,5,9-10,14H2,1-2H3,(H,24,25)/b20-6+. The lowest BCUT2D eigenvalue weighted by atomic mass is 10.1. The molecule has 1 aliphatic heterocycles. The van der Waals surface area contributed by atoms with E-state index < -0.39 is 0 Å². The van der Waals surface area contributed by atoms with E-state index in [9.17, 15) is 4.79 Å². The number of carbonyl (C=O) groups is 1. The number of hydrogen-bond acceptors (Lipinski definition) is 7. The number of aromatic nitrogens is 3. The number of nitrogens with one attached hydrogen (secondary N) is 1. The Morgan fingerprint density at radius 1 is 1.43 bits per heavy atom. The average Bonchev–Trinajstić information content (AvgIpc) is 3.41. The number of fused-ring (bicyclic) bond motifs is 1. The molecular weight excluding hydrogens is 396 g/mol. The molecule has 2 unspecified atom stereocenters. The lowest BCUT2D eigenvalue weighted by Crippen LogP contribution is -2.51. The molecule has 3 aromatic heterocycles. The van der Waals surface area contributed by atoms with Crippen LogP contribution in [0, 0.1) is 11.3 Å². The Hall–Kier alpha value is -3.02. The van der Waals surface area contributed by atoms with Crippen LogP contribution >= 0.6 is 11.3 Å². The summed E-state index contributed by atoms with van der Waals surface area (Å²) in [6.45, 7) is 6.85. The highest BCUT2D eigenvalue weighted by atomic mass is 32.1. The predicted molar refractivity (Wildman–Crippen MR) is 118 cm³/mol. The van der Waals surface area contributed by atoms with Crippen molar-refractivity contribution in [3.05, 3.63) is 53.1 Å². The number of carbonyl (C=O) groups excluding carboxylic acids is 1. The van der Waals surface area contributed by atoms with Gasteiger partial charge in [-0.3, -0.25) is 9.69 Å². The maximum absolute atomic E-state index is 11.3. The minimum Gasteiger partial charge on any atom is -0.363 e. The first kappa shape index (κ1) is 20.3. The van der Waals surface area contributed by atoms with Gasteiger partial charge in [0, 0.05) is 55.1 Å². The predicted octanol–water partition coefficient (Wildman–Crippen LogP) is 3.39. The van der Waals surface area contributed by atoms with Crippen LogP contribution in [0.4, 0.5) is 0 Å². The minimum absolute atomic E-state index is 0.197. The highest BCUT2D eigenvalue weighted by Crippen LogP contribution is 2.28. The summed E-state index contributed by atoms with van der Waals surface area (Å²) in [6, 6.07) is 8.88. The molecule has 8 heteroatoms. The Balaban J connectivity index is 1.50. The van der Waals surface area contributed by atoms with Crippen LogP contribution in [0.5, 0.6) is 0 Å². The molecule has 1 aliphatic rings. The Labute approximate surface area is 179 Å². The molecular formula is C22H24N6OS. The molecule has 4 heterocycles. The number of hydrogen-bond donors (Lipinski definition) is 1. The van der Waals surface area contributed by atoms with E-state index in [2.05, 4.69) is 63.3 Å². The van der Waals surface area contributed by atoms with Crippen LogP contribution in [-0.4, -0.2) is 56.7 Å². The first-order valence-corrected chi connectivity index (χ1v) is 10.9. The van der Waals surface area contributed by atoms with E-state index in [-0.39, 0.29) is 18.5 Å². The molecule has 1 fully saturated rings. The fourth-order valence-corrected chi connectivity index (χ4v) is 4.79. The summed E-state index contributed by atoms with van der Waals surface area (Å²) >= 11 is 1.67. The van der Waals surface area contributed by atoms with Gasteiger partial charge in [0.15, 0.2) is 5.82 Å². The number of allylic oxidation sites excluding steroid dienone is 1. The summed E-state index contributed by atoms with van der Waals surface area (Å²) < 4.78 is 0. The first-order valence-electron chi connectivity index (χ1n) is 10.0. The van der Waals surface area contributed by atoms with Gasteiger partial charge in [0.2, 0.25) is 0 Å². The first-order chi connectivity index (χ1) is 14.6. The van der Waals surface area contributed by atoms with Crippen molar-refractivity contribution < 1.29 is 4.79 Å². The van der Waals surface area contributed by atoms with Crippen LogP contribution in [0.15, 0.2) is 35.9 Å². The Bertz CT molecular complexity index is 1110.